The van der Waals surface area contributed by atoms with Crippen LogP contribution in [0, 0.1) is 12.7 Å². The number of nitrogens with zero attached hydrogens (tertiary/aromatic N) is 2. The first-order valence-corrected chi connectivity index (χ1v) is 4.86. The molecule has 0 spiro atoms. The molecule has 6 heteroatoms. The fraction of sp³-hybridized carbons (Fsp3) is 0.182. The summed E-state index contributed by atoms with van der Waals surface area (Å²) in [6, 6.07) is 3.94. The Balaban J connectivity index is 2.06. The van der Waals surface area contributed by atoms with Gasteiger partial charge in [-0.05, 0) is 25.1 Å². The molecule has 0 aliphatic heterocycles. The Kier molecular flexibility index (Phi) is 3.13. The summed E-state index contributed by atoms with van der Waals surface area (Å²) < 4.78 is 23.3. The Bertz CT molecular complexity index is 539. The maximum absolute atomic E-state index is 13.4. The molecule has 1 aromatic heterocycles. The lowest BCUT2D eigenvalue weighted by Crippen LogP contribution is -1.98. The zero-order chi connectivity index (χ0) is 12.3. The van der Waals surface area contributed by atoms with Gasteiger partial charge >= 0.3 is 0 Å². The lowest BCUT2D eigenvalue weighted by molar-refractivity contribution is 0.112. The molecule has 1 aromatic carbocycles. The number of carbonyl (C=O) groups excluding carboxylic acids is 1. The van der Waals surface area contributed by atoms with Crippen molar-refractivity contribution in [1.29, 1.82) is 0 Å². The van der Waals surface area contributed by atoms with E-state index in [2.05, 4.69) is 10.1 Å². The van der Waals surface area contributed by atoms with Gasteiger partial charge in [0.2, 0.25) is 0 Å². The standard InChI is InChI=1S/C11H9FN2O3/c1-7-13-11(17-14-7)6-16-10-3-2-8(5-15)4-9(10)12/h2-5H,6H2,1H3. The predicted octanol–water partition coefficient (Wildman–Crippen LogP) is 1.91. The van der Waals surface area contributed by atoms with E-state index < -0.39 is 5.82 Å². The van der Waals surface area contributed by atoms with Crippen LogP contribution in [0.5, 0.6) is 5.75 Å². The molecule has 88 valence electrons. The average molecular weight is 236 g/mol. The summed E-state index contributed by atoms with van der Waals surface area (Å²) in [6.07, 6.45) is 0.564. The minimum Gasteiger partial charge on any atom is -0.481 e. The first kappa shape index (κ1) is 11.3. The van der Waals surface area contributed by atoms with Crippen LogP contribution >= 0.6 is 0 Å². The molecule has 0 N–H and O–H groups in total. The number of hydrogen-bond donors (Lipinski definition) is 0. The molecule has 5 nitrogen and oxygen atoms in total. The van der Waals surface area contributed by atoms with E-state index in [1.165, 1.54) is 12.1 Å². The summed E-state index contributed by atoms with van der Waals surface area (Å²) in [5, 5.41) is 3.57. The molecule has 0 saturated heterocycles. The molecule has 0 bridgehead atoms. The summed E-state index contributed by atoms with van der Waals surface area (Å²) in [5.74, 6) is 0.180. The van der Waals surface area contributed by atoms with E-state index in [1.54, 1.807) is 6.92 Å². The van der Waals surface area contributed by atoms with Crippen LogP contribution in [0.1, 0.15) is 22.1 Å². The highest BCUT2D eigenvalue weighted by Gasteiger charge is 2.07. The SMILES string of the molecule is Cc1noc(COc2ccc(C=O)cc2F)n1. The highest BCUT2D eigenvalue weighted by molar-refractivity contribution is 5.74. The zero-order valence-corrected chi connectivity index (χ0v) is 9.01. The van der Waals surface area contributed by atoms with Gasteiger partial charge in [0.25, 0.3) is 5.89 Å². The largest absolute Gasteiger partial charge is 0.481 e. The number of rotatable bonds is 4. The van der Waals surface area contributed by atoms with E-state index in [4.69, 9.17) is 9.26 Å². The minimum absolute atomic E-state index is 0.0157. The van der Waals surface area contributed by atoms with E-state index in [0.717, 1.165) is 6.07 Å². The van der Waals surface area contributed by atoms with Crippen molar-refractivity contribution in [2.24, 2.45) is 0 Å². The van der Waals surface area contributed by atoms with Crippen LogP contribution in [0.3, 0.4) is 0 Å². The van der Waals surface area contributed by atoms with Crippen LogP contribution in [0.4, 0.5) is 4.39 Å². The molecule has 0 atom stereocenters. The normalized spacial score (nSPS) is 10.2. The van der Waals surface area contributed by atoms with Gasteiger partial charge in [0.05, 0.1) is 0 Å². The molecule has 0 fully saturated rings. The van der Waals surface area contributed by atoms with Gasteiger partial charge in [-0.2, -0.15) is 4.98 Å². The average Bonchev–Trinajstić information content (AvgIpc) is 2.73. The Morgan fingerprint density at radius 3 is 2.94 bits per heavy atom. The Labute approximate surface area is 96.2 Å². The second kappa shape index (κ2) is 4.73. The molecular weight excluding hydrogens is 227 g/mol. The monoisotopic (exact) mass is 236 g/mol. The van der Waals surface area contributed by atoms with Crippen LogP contribution in [0.15, 0.2) is 22.7 Å². The molecule has 0 saturated carbocycles. The molecule has 0 aliphatic carbocycles. The third-order valence-corrected chi connectivity index (χ3v) is 2.01. The molecule has 2 rings (SSSR count). The van der Waals surface area contributed by atoms with Crippen molar-refractivity contribution in [2.45, 2.75) is 13.5 Å². The predicted molar refractivity (Wildman–Crippen MR) is 55.2 cm³/mol. The summed E-state index contributed by atoms with van der Waals surface area (Å²) in [7, 11) is 0. The molecule has 0 amide bonds. The zero-order valence-electron chi connectivity index (χ0n) is 9.01. The van der Waals surface area contributed by atoms with Crippen LogP contribution in [0.25, 0.3) is 0 Å². The van der Waals surface area contributed by atoms with Crippen LogP contribution in [-0.2, 0) is 6.61 Å². The van der Waals surface area contributed by atoms with Crippen molar-refractivity contribution in [1.82, 2.24) is 10.1 Å². The number of benzene rings is 1. The van der Waals surface area contributed by atoms with Gasteiger partial charge in [-0.3, -0.25) is 4.79 Å². The molecule has 1 heterocycles. The summed E-state index contributed by atoms with van der Waals surface area (Å²) in [5.41, 5.74) is 0.253. The fourth-order valence-electron chi connectivity index (χ4n) is 1.25. The van der Waals surface area contributed by atoms with Crippen molar-refractivity contribution in [3.8, 4) is 5.75 Å². The van der Waals surface area contributed by atoms with Gasteiger partial charge in [-0.1, -0.05) is 5.16 Å². The number of aryl methyl sites for hydroxylation is 1. The van der Waals surface area contributed by atoms with Crippen LogP contribution in [-0.4, -0.2) is 16.4 Å². The molecule has 2 aromatic rings. The van der Waals surface area contributed by atoms with Gasteiger partial charge in [0, 0.05) is 5.56 Å². The van der Waals surface area contributed by atoms with Gasteiger partial charge in [-0.25, -0.2) is 4.39 Å². The number of halogens is 1. The number of hydrogen-bond acceptors (Lipinski definition) is 5. The van der Waals surface area contributed by atoms with Gasteiger partial charge in [-0.15, -0.1) is 0 Å². The highest BCUT2D eigenvalue weighted by Crippen LogP contribution is 2.18. The van der Waals surface area contributed by atoms with Crippen molar-refractivity contribution in [3.05, 3.63) is 41.3 Å². The minimum atomic E-state index is -0.606. The smallest absolute Gasteiger partial charge is 0.264 e. The second-order valence-electron chi connectivity index (χ2n) is 3.33. The lowest BCUT2D eigenvalue weighted by atomic mass is 10.2. The Morgan fingerprint density at radius 1 is 1.53 bits per heavy atom. The summed E-state index contributed by atoms with van der Waals surface area (Å²) >= 11 is 0. The lowest BCUT2D eigenvalue weighted by Gasteiger charge is -2.04. The molecule has 0 radical (unpaired) electrons. The van der Waals surface area contributed by atoms with Crippen molar-refractivity contribution in [3.63, 3.8) is 0 Å². The van der Waals surface area contributed by atoms with Crippen LogP contribution < -0.4 is 4.74 Å². The van der Waals surface area contributed by atoms with Gasteiger partial charge < -0.3 is 9.26 Å². The molecule has 0 unspecified atom stereocenters. The summed E-state index contributed by atoms with van der Waals surface area (Å²) in [4.78, 5) is 14.3. The maximum atomic E-state index is 13.4. The van der Waals surface area contributed by atoms with Crippen molar-refractivity contribution < 1.29 is 18.4 Å². The van der Waals surface area contributed by atoms with E-state index >= 15 is 0 Å². The third kappa shape index (κ3) is 2.66. The molecular formula is C11H9FN2O3. The third-order valence-electron chi connectivity index (χ3n) is 2.01. The number of ether oxygens (including phenoxy) is 1. The Hall–Kier alpha value is -2.24. The fourth-order valence-corrected chi connectivity index (χ4v) is 1.25. The van der Waals surface area contributed by atoms with E-state index in [-0.39, 0.29) is 23.8 Å². The van der Waals surface area contributed by atoms with Gasteiger partial charge in [0.15, 0.2) is 24.0 Å². The van der Waals surface area contributed by atoms with E-state index in [1.807, 2.05) is 0 Å². The summed E-state index contributed by atoms with van der Waals surface area (Å²) in [6.45, 7) is 1.66. The Morgan fingerprint density at radius 2 is 2.35 bits per heavy atom. The maximum Gasteiger partial charge on any atom is 0.264 e. The van der Waals surface area contributed by atoms with Gasteiger partial charge in [0.1, 0.15) is 6.29 Å². The van der Waals surface area contributed by atoms with E-state index in [0.29, 0.717) is 12.1 Å². The number of aromatic nitrogens is 2. The topological polar surface area (TPSA) is 65.2 Å². The van der Waals surface area contributed by atoms with Crippen LogP contribution in [0.2, 0.25) is 0 Å². The second-order valence-corrected chi connectivity index (χ2v) is 3.33. The number of carbonyl (C=O) groups is 1. The molecule has 0 aliphatic rings. The first-order chi connectivity index (χ1) is 8.19. The highest BCUT2D eigenvalue weighted by atomic mass is 19.1. The molecule has 17 heavy (non-hydrogen) atoms. The van der Waals surface area contributed by atoms with E-state index in [9.17, 15) is 9.18 Å². The first-order valence-electron chi connectivity index (χ1n) is 4.86. The van der Waals surface area contributed by atoms with Crippen molar-refractivity contribution in [2.75, 3.05) is 0 Å². The number of aldehydes is 1. The quantitative estimate of drug-likeness (QED) is 0.758. The van der Waals surface area contributed by atoms with Crippen molar-refractivity contribution >= 4 is 6.29 Å².